The van der Waals surface area contributed by atoms with Crippen molar-refractivity contribution >= 4 is 17.7 Å². The lowest BCUT2D eigenvalue weighted by molar-refractivity contribution is -0.143. The number of allylic oxidation sites excluding steroid dienone is 2. The van der Waals surface area contributed by atoms with Gasteiger partial charge >= 0.3 is 0 Å². The van der Waals surface area contributed by atoms with E-state index in [1.165, 1.54) is 11.8 Å². The predicted molar refractivity (Wildman–Crippen MR) is 58.1 cm³/mol. The fraction of sp³-hybridized carbons (Fsp3) is 0.545. The van der Waals surface area contributed by atoms with Crippen LogP contribution >= 0.6 is 0 Å². The highest BCUT2D eigenvalue weighted by molar-refractivity contribution is 6.01. The van der Waals surface area contributed by atoms with Gasteiger partial charge in [-0.2, -0.15) is 0 Å². The fourth-order valence-electron chi connectivity index (χ4n) is 1.78. The van der Waals surface area contributed by atoms with Crippen LogP contribution < -0.4 is 5.32 Å². The molecule has 1 heterocycles. The van der Waals surface area contributed by atoms with E-state index in [1.807, 2.05) is 0 Å². The normalized spacial score (nSPS) is 21.7. The van der Waals surface area contributed by atoms with Crippen molar-refractivity contribution in [2.45, 2.75) is 39.7 Å². The highest BCUT2D eigenvalue weighted by Crippen LogP contribution is 2.17. The van der Waals surface area contributed by atoms with Gasteiger partial charge in [0.1, 0.15) is 6.04 Å². The van der Waals surface area contributed by atoms with Crippen LogP contribution in [0, 0.1) is 0 Å². The van der Waals surface area contributed by atoms with E-state index in [1.54, 1.807) is 19.9 Å². The van der Waals surface area contributed by atoms with Crippen molar-refractivity contribution in [2.24, 2.45) is 0 Å². The maximum Gasteiger partial charge on any atom is 0.249 e. The maximum absolute atomic E-state index is 11.6. The largest absolute Gasteiger partial charge is 0.305 e. The minimum atomic E-state index is -0.564. The van der Waals surface area contributed by atoms with Gasteiger partial charge in [0, 0.05) is 19.0 Å². The fourth-order valence-corrected chi connectivity index (χ4v) is 1.78. The third-order valence-corrected chi connectivity index (χ3v) is 2.66. The molecule has 0 saturated carbocycles. The van der Waals surface area contributed by atoms with Crippen molar-refractivity contribution in [2.75, 3.05) is 0 Å². The van der Waals surface area contributed by atoms with Gasteiger partial charge in [-0.3, -0.25) is 19.7 Å². The van der Waals surface area contributed by atoms with Crippen LogP contribution in [0.5, 0.6) is 0 Å². The van der Waals surface area contributed by atoms with Gasteiger partial charge in [0.2, 0.25) is 17.7 Å². The molecule has 1 rings (SSSR count). The Bertz CT molecular complexity index is 360. The van der Waals surface area contributed by atoms with E-state index in [4.69, 9.17) is 0 Å². The highest BCUT2D eigenvalue weighted by atomic mass is 16.2. The lowest BCUT2D eigenvalue weighted by atomic mass is 10.0. The summed E-state index contributed by atoms with van der Waals surface area (Å²) in [5, 5.41) is 2.24. The van der Waals surface area contributed by atoms with Crippen molar-refractivity contribution in [3.8, 4) is 0 Å². The summed E-state index contributed by atoms with van der Waals surface area (Å²) in [6.45, 7) is 4.99. The molecular formula is C11H16N2O3. The van der Waals surface area contributed by atoms with E-state index in [9.17, 15) is 14.4 Å². The Morgan fingerprint density at radius 2 is 2.06 bits per heavy atom. The van der Waals surface area contributed by atoms with Crippen LogP contribution in [-0.4, -0.2) is 28.7 Å². The zero-order chi connectivity index (χ0) is 12.3. The van der Waals surface area contributed by atoms with Gasteiger partial charge in [-0.15, -0.1) is 0 Å². The van der Waals surface area contributed by atoms with Crippen molar-refractivity contribution in [1.82, 2.24) is 10.2 Å². The second-order valence-electron chi connectivity index (χ2n) is 3.79. The van der Waals surface area contributed by atoms with Crippen LogP contribution in [0.1, 0.15) is 33.6 Å². The number of carbonyl (C=O) groups is 3. The molecule has 0 bridgehead atoms. The monoisotopic (exact) mass is 224 g/mol. The Hall–Kier alpha value is -1.65. The minimum Gasteiger partial charge on any atom is -0.305 e. The number of hydrogen-bond acceptors (Lipinski definition) is 3. The summed E-state index contributed by atoms with van der Waals surface area (Å²) in [6, 6.07) is -0.564. The molecule has 1 aliphatic heterocycles. The molecule has 3 amide bonds. The first-order valence-corrected chi connectivity index (χ1v) is 5.23. The summed E-state index contributed by atoms with van der Waals surface area (Å²) in [5.41, 5.74) is 0.724. The Labute approximate surface area is 94.5 Å². The number of hydrogen-bond donors (Lipinski definition) is 1. The molecule has 1 N–H and O–H groups in total. The van der Waals surface area contributed by atoms with Crippen molar-refractivity contribution in [3.05, 3.63) is 11.8 Å². The van der Waals surface area contributed by atoms with Gasteiger partial charge < -0.3 is 4.90 Å². The summed E-state index contributed by atoms with van der Waals surface area (Å²) >= 11 is 0. The average Bonchev–Trinajstić information content (AvgIpc) is 2.21. The molecule has 0 aromatic rings. The molecular weight excluding hydrogens is 208 g/mol. The maximum atomic E-state index is 11.6. The van der Waals surface area contributed by atoms with E-state index in [2.05, 4.69) is 5.32 Å². The molecule has 1 atom stereocenters. The van der Waals surface area contributed by atoms with E-state index in [0.717, 1.165) is 5.70 Å². The van der Waals surface area contributed by atoms with E-state index >= 15 is 0 Å². The summed E-state index contributed by atoms with van der Waals surface area (Å²) in [7, 11) is 0. The number of carbonyl (C=O) groups excluding carboxylic acids is 3. The van der Waals surface area contributed by atoms with Gasteiger partial charge in [0.15, 0.2) is 0 Å². The smallest absolute Gasteiger partial charge is 0.249 e. The first-order chi connectivity index (χ1) is 7.47. The third-order valence-electron chi connectivity index (χ3n) is 2.66. The minimum absolute atomic E-state index is 0.190. The Kier molecular flexibility index (Phi) is 3.82. The Balaban J connectivity index is 2.92. The van der Waals surface area contributed by atoms with Crippen LogP contribution in [0.2, 0.25) is 0 Å². The first-order valence-electron chi connectivity index (χ1n) is 5.23. The lowest BCUT2D eigenvalue weighted by Gasteiger charge is -2.32. The second kappa shape index (κ2) is 4.92. The van der Waals surface area contributed by atoms with E-state index < -0.39 is 11.9 Å². The van der Waals surface area contributed by atoms with Crippen LogP contribution in [0.25, 0.3) is 0 Å². The van der Waals surface area contributed by atoms with Gasteiger partial charge in [-0.05, 0) is 20.3 Å². The zero-order valence-electron chi connectivity index (χ0n) is 9.74. The summed E-state index contributed by atoms with van der Waals surface area (Å²) in [5.74, 6) is -0.861. The van der Waals surface area contributed by atoms with Crippen molar-refractivity contribution in [3.63, 3.8) is 0 Å². The quantitative estimate of drug-likeness (QED) is 0.697. The number of imide groups is 1. The molecule has 0 aromatic carbocycles. The van der Waals surface area contributed by atoms with Gasteiger partial charge in [-0.25, -0.2) is 0 Å². The molecule has 1 unspecified atom stereocenters. The molecule has 1 saturated heterocycles. The van der Waals surface area contributed by atoms with Crippen LogP contribution in [0.4, 0.5) is 0 Å². The number of amides is 3. The zero-order valence-corrected chi connectivity index (χ0v) is 9.74. The molecule has 1 fully saturated rings. The third kappa shape index (κ3) is 2.48. The molecule has 88 valence electrons. The molecule has 0 aliphatic carbocycles. The topological polar surface area (TPSA) is 66.5 Å². The summed E-state index contributed by atoms with van der Waals surface area (Å²) in [6.07, 6.45) is 2.43. The second-order valence-corrected chi connectivity index (χ2v) is 3.79. The molecule has 5 heteroatoms. The molecule has 0 spiro atoms. The van der Waals surface area contributed by atoms with Crippen LogP contribution in [0.3, 0.4) is 0 Å². The van der Waals surface area contributed by atoms with Crippen molar-refractivity contribution < 1.29 is 14.4 Å². The van der Waals surface area contributed by atoms with Crippen LogP contribution in [0.15, 0.2) is 11.8 Å². The summed E-state index contributed by atoms with van der Waals surface area (Å²) < 4.78 is 0. The van der Waals surface area contributed by atoms with Crippen LogP contribution in [-0.2, 0) is 14.4 Å². The first kappa shape index (κ1) is 12.4. The Morgan fingerprint density at radius 3 is 2.50 bits per heavy atom. The van der Waals surface area contributed by atoms with E-state index in [-0.39, 0.29) is 18.2 Å². The number of rotatable bonds is 2. The molecule has 5 nitrogen and oxygen atoms in total. The predicted octanol–water partition coefficient (Wildman–Crippen LogP) is 0.564. The van der Waals surface area contributed by atoms with E-state index in [0.29, 0.717) is 6.42 Å². The SMILES string of the molecule is C/C=C(\C)N(C(C)=O)C1CCC(=O)NC1=O. The molecule has 1 aliphatic rings. The summed E-state index contributed by atoms with van der Waals surface area (Å²) in [4.78, 5) is 35.5. The highest BCUT2D eigenvalue weighted by Gasteiger charge is 2.33. The lowest BCUT2D eigenvalue weighted by Crippen LogP contribution is -2.53. The van der Waals surface area contributed by atoms with Gasteiger partial charge in [-0.1, -0.05) is 6.08 Å². The molecule has 0 radical (unpaired) electrons. The molecule has 0 aromatic heterocycles. The standard InChI is InChI=1S/C11H16N2O3/c1-4-7(2)13(8(3)14)9-5-6-10(15)12-11(9)16/h4,9H,5-6H2,1-3H3,(H,12,15,16)/b7-4+. The van der Waals surface area contributed by atoms with Gasteiger partial charge in [0.05, 0.1) is 0 Å². The Morgan fingerprint density at radius 1 is 1.44 bits per heavy atom. The number of nitrogens with one attached hydrogen (secondary N) is 1. The average molecular weight is 224 g/mol. The molecule has 16 heavy (non-hydrogen) atoms. The van der Waals surface area contributed by atoms with Crippen molar-refractivity contribution in [1.29, 1.82) is 0 Å². The van der Waals surface area contributed by atoms with Gasteiger partial charge in [0.25, 0.3) is 0 Å². The number of nitrogens with zero attached hydrogens (tertiary/aromatic N) is 1. The number of piperidine rings is 1.